The minimum Gasteiger partial charge on any atom is -0.494 e. The molecule has 142 valence electrons. The second-order valence-corrected chi connectivity index (χ2v) is 7.37. The second-order valence-electron chi connectivity index (χ2n) is 5.99. The van der Waals surface area contributed by atoms with Crippen molar-refractivity contribution in [2.24, 2.45) is 0 Å². The van der Waals surface area contributed by atoms with E-state index in [1.165, 1.54) is 11.8 Å². The number of benzene rings is 2. The molecule has 0 amide bonds. The maximum absolute atomic E-state index is 12.8. The van der Waals surface area contributed by atoms with Crippen molar-refractivity contribution in [1.82, 2.24) is 19.2 Å². The maximum Gasteiger partial charge on any atom is 0.300 e. The standard InChI is InChI=1S/C20H17ClN4O2S/c1-2-27-17-9-7-16(8-10-17)24-11-12-25-18(19(24)26)22-23-20(25)28-13-14-3-5-15(21)6-4-14/h3-12H,2,13H2,1H3. The van der Waals surface area contributed by atoms with Gasteiger partial charge in [0.25, 0.3) is 0 Å². The van der Waals surface area contributed by atoms with Gasteiger partial charge in [-0.25, -0.2) is 0 Å². The Labute approximate surface area is 170 Å². The third kappa shape index (κ3) is 3.76. The van der Waals surface area contributed by atoms with E-state index >= 15 is 0 Å². The van der Waals surface area contributed by atoms with Gasteiger partial charge in [0.1, 0.15) is 5.75 Å². The molecule has 0 bridgehead atoms. The van der Waals surface area contributed by atoms with Gasteiger partial charge in [0, 0.05) is 28.9 Å². The summed E-state index contributed by atoms with van der Waals surface area (Å²) in [6.45, 7) is 2.53. The van der Waals surface area contributed by atoms with E-state index in [-0.39, 0.29) is 11.2 Å². The summed E-state index contributed by atoms with van der Waals surface area (Å²) in [6, 6.07) is 15.0. The van der Waals surface area contributed by atoms with Crippen molar-refractivity contribution in [2.75, 3.05) is 6.61 Å². The number of nitrogens with zero attached hydrogens (tertiary/aromatic N) is 4. The van der Waals surface area contributed by atoms with Crippen LogP contribution in [0.5, 0.6) is 5.75 Å². The Morgan fingerprint density at radius 1 is 1.04 bits per heavy atom. The predicted octanol–water partition coefficient (Wildman–Crippen LogP) is 4.22. The van der Waals surface area contributed by atoms with Crippen LogP contribution in [0.4, 0.5) is 0 Å². The van der Waals surface area contributed by atoms with Crippen LogP contribution >= 0.6 is 23.4 Å². The zero-order valence-corrected chi connectivity index (χ0v) is 16.7. The van der Waals surface area contributed by atoms with Crippen LogP contribution in [0, 0.1) is 0 Å². The highest BCUT2D eigenvalue weighted by Crippen LogP contribution is 2.22. The molecule has 0 spiro atoms. The summed E-state index contributed by atoms with van der Waals surface area (Å²) >= 11 is 7.43. The number of fused-ring (bicyclic) bond motifs is 1. The maximum atomic E-state index is 12.8. The van der Waals surface area contributed by atoms with Crippen molar-refractivity contribution in [2.45, 2.75) is 17.8 Å². The monoisotopic (exact) mass is 412 g/mol. The largest absolute Gasteiger partial charge is 0.494 e. The van der Waals surface area contributed by atoms with Crippen molar-refractivity contribution < 1.29 is 4.74 Å². The summed E-state index contributed by atoms with van der Waals surface area (Å²) < 4.78 is 8.71. The summed E-state index contributed by atoms with van der Waals surface area (Å²) in [4.78, 5) is 12.8. The van der Waals surface area contributed by atoms with E-state index in [0.29, 0.717) is 22.5 Å². The summed E-state index contributed by atoms with van der Waals surface area (Å²) in [5.74, 6) is 1.48. The molecule has 0 saturated carbocycles. The highest BCUT2D eigenvalue weighted by molar-refractivity contribution is 7.98. The van der Waals surface area contributed by atoms with Crippen LogP contribution in [0.25, 0.3) is 11.3 Å². The Morgan fingerprint density at radius 2 is 1.79 bits per heavy atom. The molecule has 0 aliphatic heterocycles. The first kappa shape index (κ1) is 18.6. The van der Waals surface area contributed by atoms with Gasteiger partial charge in [-0.2, -0.15) is 0 Å². The lowest BCUT2D eigenvalue weighted by Gasteiger charge is -2.08. The van der Waals surface area contributed by atoms with Crippen molar-refractivity contribution in [3.63, 3.8) is 0 Å². The molecule has 0 aliphatic carbocycles. The van der Waals surface area contributed by atoms with Crippen LogP contribution < -0.4 is 10.3 Å². The van der Waals surface area contributed by atoms with Gasteiger partial charge in [-0.1, -0.05) is 35.5 Å². The Kier molecular flexibility index (Phi) is 5.36. The van der Waals surface area contributed by atoms with E-state index < -0.39 is 0 Å². The Hall–Kier alpha value is -2.77. The van der Waals surface area contributed by atoms with Crippen molar-refractivity contribution >= 4 is 29.0 Å². The second kappa shape index (κ2) is 8.08. The first-order valence-electron chi connectivity index (χ1n) is 8.72. The summed E-state index contributed by atoms with van der Waals surface area (Å²) in [7, 11) is 0. The molecule has 4 rings (SSSR count). The van der Waals surface area contributed by atoms with Crippen LogP contribution in [0.3, 0.4) is 0 Å². The summed E-state index contributed by atoms with van der Waals surface area (Å²) in [5, 5.41) is 9.64. The molecular formula is C20H17ClN4O2S. The minimum absolute atomic E-state index is 0.225. The molecule has 8 heteroatoms. The average Bonchev–Trinajstić information content (AvgIpc) is 3.13. The lowest BCUT2D eigenvalue weighted by Crippen LogP contribution is -2.20. The molecule has 2 aromatic heterocycles. The fraction of sp³-hybridized carbons (Fsp3) is 0.150. The lowest BCUT2D eigenvalue weighted by molar-refractivity contribution is 0.340. The molecule has 4 aromatic rings. The molecule has 2 aromatic carbocycles. The molecule has 0 fully saturated rings. The third-order valence-electron chi connectivity index (χ3n) is 4.15. The van der Waals surface area contributed by atoms with E-state index in [9.17, 15) is 4.79 Å². The topological polar surface area (TPSA) is 61.4 Å². The van der Waals surface area contributed by atoms with E-state index in [1.807, 2.05) is 55.5 Å². The molecule has 2 heterocycles. The van der Waals surface area contributed by atoms with Gasteiger partial charge in [0.15, 0.2) is 5.16 Å². The number of ether oxygens (including phenoxy) is 1. The zero-order valence-electron chi connectivity index (χ0n) is 15.1. The van der Waals surface area contributed by atoms with E-state index in [1.54, 1.807) is 21.4 Å². The molecule has 0 aliphatic rings. The Morgan fingerprint density at radius 3 is 2.50 bits per heavy atom. The van der Waals surface area contributed by atoms with E-state index in [2.05, 4.69) is 10.2 Å². The molecule has 0 radical (unpaired) electrons. The molecular weight excluding hydrogens is 396 g/mol. The first-order chi connectivity index (χ1) is 13.7. The highest BCUT2D eigenvalue weighted by atomic mass is 35.5. The number of hydrogen-bond donors (Lipinski definition) is 0. The molecule has 0 unspecified atom stereocenters. The number of halogens is 1. The first-order valence-corrected chi connectivity index (χ1v) is 10.1. The van der Waals surface area contributed by atoms with Crippen molar-refractivity contribution in [1.29, 1.82) is 0 Å². The lowest BCUT2D eigenvalue weighted by atomic mass is 10.2. The van der Waals surface area contributed by atoms with Crippen molar-refractivity contribution in [3.05, 3.63) is 81.9 Å². The summed E-state index contributed by atoms with van der Waals surface area (Å²) in [5.41, 5.74) is 1.93. The normalized spacial score (nSPS) is 11.1. The minimum atomic E-state index is -0.225. The Bertz CT molecular complexity index is 1150. The number of rotatable bonds is 6. The van der Waals surface area contributed by atoms with Crippen LogP contribution in [0.15, 0.2) is 70.9 Å². The average molecular weight is 413 g/mol. The quantitative estimate of drug-likeness (QED) is 0.443. The van der Waals surface area contributed by atoms with Gasteiger partial charge in [-0.15, -0.1) is 10.2 Å². The predicted molar refractivity (Wildman–Crippen MR) is 111 cm³/mol. The highest BCUT2D eigenvalue weighted by Gasteiger charge is 2.12. The van der Waals surface area contributed by atoms with Crippen LogP contribution in [0.1, 0.15) is 12.5 Å². The number of thioether (sulfide) groups is 1. The molecule has 28 heavy (non-hydrogen) atoms. The van der Waals surface area contributed by atoms with E-state index in [0.717, 1.165) is 17.0 Å². The SMILES string of the molecule is CCOc1ccc(-n2ccn3c(SCc4ccc(Cl)cc4)nnc3c2=O)cc1. The van der Waals surface area contributed by atoms with Gasteiger partial charge in [-0.05, 0) is 48.9 Å². The summed E-state index contributed by atoms with van der Waals surface area (Å²) in [6.07, 6.45) is 3.53. The molecule has 0 N–H and O–H groups in total. The zero-order chi connectivity index (χ0) is 19.5. The van der Waals surface area contributed by atoms with Gasteiger partial charge in [0.2, 0.25) is 5.65 Å². The van der Waals surface area contributed by atoms with Gasteiger partial charge >= 0.3 is 5.56 Å². The van der Waals surface area contributed by atoms with Crippen LogP contribution in [0.2, 0.25) is 5.02 Å². The molecule has 0 saturated heterocycles. The third-order valence-corrected chi connectivity index (χ3v) is 5.41. The Balaban J connectivity index is 1.60. The molecule has 6 nitrogen and oxygen atoms in total. The smallest absolute Gasteiger partial charge is 0.300 e. The van der Waals surface area contributed by atoms with Crippen molar-refractivity contribution in [3.8, 4) is 11.4 Å². The van der Waals surface area contributed by atoms with Crippen LogP contribution in [-0.2, 0) is 5.75 Å². The van der Waals surface area contributed by atoms with E-state index in [4.69, 9.17) is 16.3 Å². The fourth-order valence-electron chi connectivity index (χ4n) is 2.77. The van der Waals surface area contributed by atoms with Gasteiger partial charge < -0.3 is 4.74 Å². The number of aromatic nitrogens is 4. The number of hydrogen-bond acceptors (Lipinski definition) is 5. The van der Waals surface area contributed by atoms with Gasteiger partial charge in [-0.3, -0.25) is 13.8 Å². The van der Waals surface area contributed by atoms with Gasteiger partial charge in [0.05, 0.1) is 6.61 Å². The fourth-order valence-corrected chi connectivity index (χ4v) is 3.77. The van der Waals surface area contributed by atoms with Crippen LogP contribution in [-0.4, -0.2) is 25.8 Å². The molecule has 0 atom stereocenters.